The van der Waals surface area contributed by atoms with Crippen molar-refractivity contribution in [1.82, 2.24) is 5.32 Å². The van der Waals surface area contributed by atoms with Gasteiger partial charge in [-0.3, -0.25) is 0 Å². The highest BCUT2D eigenvalue weighted by Gasteiger charge is 2.41. The van der Waals surface area contributed by atoms with E-state index in [1.165, 1.54) is 38.5 Å². The summed E-state index contributed by atoms with van der Waals surface area (Å²) in [5.74, 6) is 0. The van der Waals surface area contributed by atoms with Gasteiger partial charge in [0.2, 0.25) is 0 Å². The molecule has 1 saturated heterocycles. The van der Waals surface area contributed by atoms with E-state index < -0.39 is 5.60 Å². The largest absolute Gasteiger partial charge is 0.444 e. The Kier molecular flexibility index (Phi) is 9.57. The molecule has 1 N–H and O–H groups in total. The average molecular weight is 486 g/mol. The van der Waals surface area contributed by atoms with E-state index in [2.05, 4.69) is 48.6 Å². The predicted molar refractivity (Wildman–Crippen MR) is 145 cm³/mol. The summed E-state index contributed by atoms with van der Waals surface area (Å²) in [6, 6.07) is 30.8. The molecule has 4 rings (SSSR count). The Labute approximate surface area is 216 Å². The summed E-state index contributed by atoms with van der Waals surface area (Å²) in [4.78, 5) is 12.2. The van der Waals surface area contributed by atoms with Gasteiger partial charge in [0, 0.05) is 0 Å². The third-order valence-corrected chi connectivity index (χ3v) is 7.12. The molecule has 0 aromatic heterocycles. The van der Waals surface area contributed by atoms with Crippen LogP contribution < -0.4 is 5.32 Å². The van der Waals surface area contributed by atoms with Crippen LogP contribution in [0.2, 0.25) is 0 Å². The van der Waals surface area contributed by atoms with E-state index in [4.69, 9.17) is 9.47 Å². The van der Waals surface area contributed by atoms with E-state index in [1.807, 2.05) is 54.6 Å². The van der Waals surface area contributed by atoms with Crippen molar-refractivity contribution in [2.24, 2.45) is 0 Å². The van der Waals surface area contributed by atoms with Crippen molar-refractivity contribution in [1.29, 1.82) is 0 Å². The monoisotopic (exact) mass is 485 g/mol. The zero-order chi connectivity index (χ0) is 25.1. The number of alkyl carbamates (subject to hydrolysis) is 1. The standard InChI is InChI=1S/C32H39NO3/c1-2-3-4-5-6-7-17-24-30-29(33-31(34)36-30)25-35-32(26-18-11-8-12-19-26,27-20-13-9-14-21-27)28-22-15-10-16-23-28/h8-16,18-23,29-30H,2-7,17,24-25H2,1H3,(H,33,34)/t29-,30-/m0/s1. The van der Waals surface area contributed by atoms with E-state index in [1.54, 1.807) is 0 Å². The summed E-state index contributed by atoms with van der Waals surface area (Å²) < 4.78 is 12.6. The zero-order valence-corrected chi connectivity index (χ0v) is 21.4. The van der Waals surface area contributed by atoms with E-state index in [0.717, 1.165) is 29.5 Å². The smallest absolute Gasteiger partial charge is 0.407 e. The molecule has 1 aliphatic rings. The molecule has 1 aliphatic heterocycles. The Morgan fingerprint density at radius 3 is 1.69 bits per heavy atom. The maximum atomic E-state index is 12.2. The number of rotatable bonds is 14. The van der Waals surface area contributed by atoms with Crippen molar-refractivity contribution in [3.05, 3.63) is 108 Å². The normalized spacial score (nSPS) is 17.5. The zero-order valence-electron chi connectivity index (χ0n) is 21.4. The fraction of sp³-hybridized carbons (Fsp3) is 0.406. The molecule has 0 unspecified atom stereocenters. The molecule has 1 amide bonds. The molecular weight excluding hydrogens is 446 g/mol. The molecule has 0 aliphatic carbocycles. The van der Waals surface area contributed by atoms with Crippen molar-refractivity contribution in [2.45, 2.75) is 76.0 Å². The van der Waals surface area contributed by atoms with Crippen LogP contribution in [0.3, 0.4) is 0 Å². The molecule has 0 bridgehead atoms. The average Bonchev–Trinajstić information content (AvgIpc) is 3.29. The fourth-order valence-electron chi connectivity index (χ4n) is 5.19. The molecule has 4 heteroatoms. The molecule has 36 heavy (non-hydrogen) atoms. The SMILES string of the molecule is CCCCCCCCC[C@@H]1OC(=O)N[C@H]1COC(c1ccccc1)(c1ccccc1)c1ccccc1. The van der Waals surface area contributed by atoms with E-state index >= 15 is 0 Å². The highest BCUT2D eigenvalue weighted by molar-refractivity contribution is 5.70. The second-order valence-electron chi connectivity index (χ2n) is 9.69. The van der Waals surface area contributed by atoms with Gasteiger partial charge < -0.3 is 14.8 Å². The number of benzene rings is 3. The summed E-state index contributed by atoms with van der Waals surface area (Å²) in [6.07, 6.45) is 9.00. The minimum Gasteiger partial charge on any atom is -0.444 e. The van der Waals surface area contributed by atoms with Crippen LogP contribution in [0, 0.1) is 0 Å². The Morgan fingerprint density at radius 2 is 1.19 bits per heavy atom. The maximum Gasteiger partial charge on any atom is 0.407 e. The summed E-state index contributed by atoms with van der Waals surface area (Å²) in [7, 11) is 0. The third kappa shape index (κ3) is 6.36. The number of hydrogen-bond donors (Lipinski definition) is 1. The van der Waals surface area contributed by atoms with Crippen molar-refractivity contribution >= 4 is 6.09 Å². The topological polar surface area (TPSA) is 47.6 Å². The molecule has 3 aromatic carbocycles. The number of amides is 1. The number of nitrogens with one attached hydrogen (secondary N) is 1. The molecule has 1 heterocycles. The predicted octanol–water partition coefficient (Wildman–Crippen LogP) is 7.61. The second kappa shape index (κ2) is 13.3. The molecule has 0 saturated carbocycles. The van der Waals surface area contributed by atoms with Gasteiger partial charge in [-0.2, -0.15) is 0 Å². The molecular formula is C32H39NO3. The second-order valence-corrected chi connectivity index (χ2v) is 9.69. The molecule has 190 valence electrons. The lowest BCUT2D eigenvalue weighted by molar-refractivity contribution is -0.00915. The van der Waals surface area contributed by atoms with E-state index in [0.29, 0.717) is 6.61 Å². The van der Waals surface area contributed by atoms with Gasteiger partial charge in [0.1, 0.15) is 11.7 Å². The molecule has 0 spiro atoms. The Balaban J connectivity index is 1.53. The first-order valence-corrected chi connectivity index (χ1v) is 13.5. The lowest BCUT2D eigenvalue weighted by Gasteiger charge is -2.37. The van der Waals surface area contributed by atoms with Crippen molar-refractivity contribution in [2.75, 3.05) is 6.61 Å². The van der Waals surface area contributed by atoms with Gasteiger partial charge in [-0.25, -0.2) is 4.79 Å². The van der Waals surface area contributed by atoms with Crippen molar-refractivity contribution < 1.29 is 14.3 Å². The van der Waals surface area contributed by atoms with Gasteiger partial charge in [-0.05, 0) is 29.5 Å². The number of carbonyl (C=O) groups excluding carboxylic acids is 1. The van der Waals surface area contributed by atoms with Crippen LogP contribution in [-0.4, -0.2) is 24.8 Å². The first-order chi connectivity index (χ1) is 17.7. The fourth-order valence-corrected chi connectivity index (χ4v) is 5.19. The summed E-state index contributed by atoms with van der Waals surface area (Å²) in [5, 5.41) is 3.01. The number of cyclic esters (lactones) is 1. The summed E-state index contributed by atoms with van der Waals surface area (Å²) in [6.45, 7) is 2.59. The summed E-state index contributed by atoms with van der Waals surface area (Å²) in [5.41, 5.74) is 2.35. The molecule has 3 aromatic rings. The number of unbranched alkanes of at least 4 members (excludes halogenated alkanes) is 6. The van der Waals surface area contributed by atoms with Crippen LogP contribution in [0.4, 0.5) is 4.79 Å². The third-order valence-electron chi connectivity index (χ3n) is 7.12. The summed E-state index contributed by atoms with van der Waals surface area (Å²) >= 11 is 0. The molecule has 0 radical (unpaired) electrons. The van der Waals surface area contributed by atoms with Crippen LogP contribution in [-0.2, 0) is 15.1 Å². The Hall–Kier alpha value is -3.11. The highest BCUT2D eigenvalue weighted by atomic mass is 16.6. The highest BCUT2D eigenvalue weighted by Crippen LogP contribution is 2.40. The lowest BCUT2D eigenvalue weighted by Crippen LogP contribution is -2.42. The van der Waals surface area contributed by atoms with Gasteiger partial charge in [-0.15, -0.1) is 0 Å². The van der Waals surface area contributed by atoms with Crippen LogP contribution in [0.15, 0.2) is 91.0 Å². The van der Waals surface area contributed by atoms with Gasteiger partial charge in [0.15, 0.2) is 0 Å². The molecule has 1 fully saturated rings. The van der Waals surface area contributed by atoms with E-state index in [-0.39, 0.29) is 18.2 Å². The van der Waals surface area contributed by atoms with Gasteiger partial charge in [0.25, 0.3) is 0 Å². The number of ether oxygens (including phenoxy) is 2. The minimum absolute atomic E-state index is 0.173. The van der Waals surface area contributed by atoms with Crippen molar-refractivity contribution in [3.8, 4) is 0 Å². The van der Waals surface area contributed by atoms with Crippen LogP contribution in [0.1, 0.15) is 75.0 Å². The van der Waals surface area contributed by atoms with Gasteiger partial charge in [0.05, 0.1) is 12.6 Å². The van der Waals surface area contributed by atoms with Crippen LogP contribution >= 0.6 is 0 Å². The van der Waals surface area contributed by atoms with Crippen LogP contribution in [0.5, 0.6) is 0 Å². The Morgan fingerprint density at radius 1 is 0.722 bits per heavy atom. The molecule has 2 atom stereocenters. The molecule has 4 nitrogen and oxygen atoms in total. The van der Waals surface area contributed by atoms with Gasteiger partial charge >= 0.3 is 6.09 Å². The van der Waals surface area contributed by atoms with Gasteiger partial charge in [-0.1, -0.05) is 136 Å². The number of hydrogen-bond acceptors (Lipinski definition) is 3. The minimum atomic E-state index is -0.805. The quantitative estimate of drug-likeness (QED) is 0.189. The van der Waals surface area contributed by atoms with Crippen molar-refractivity contribution in [3.63, 3.8) is 0 Å². The van der Waals surface area contributed by atoms with E-state index in [9.17, 15) is 4.79 Å². The van der Waals surface area contributed by atoms with Crippen LogP contribution in [0.25, 0.3) is 0 Å². The first-order valence-electron chi connectivity index (χ1n) is 13.5. The number of carbonyl (C=O) groups is 1. The first kappa shape index (κ1) is 26.0. The lowest BCUT2D eigenvalue weighted by atomic mass is 9.80. The Bertz CT molecular complexity index is 942. The maximum absolute atomic E-state index is 12.2.